The first-order valence-corrected chi connectivity index (χ1v) is 9.54. The molecule has 1 aliphatic rings. The molecule has 0 aromatic heterocycles. The summed E-state index contributed by atoms with van der Waals surface area (Å²) in [6, 6.07) is 7.56. The van der Waals surface area contributed by atoms with Gasteiger partial charge in [0.2, 0.25) is 0 Å². The summed E-state index contributed by atoms with van der Waals surface area (Å²) >= 11 is 0. The first-order valence-electron chi connectivity index (χ1n) is 9.54. The number of aryl methyl sites for hydroxylation is 1. The van der Waals surface area contributed by atoms with Crippen molar-refractivity contribution in [3.05, 3.63) is 61.7 Å². The first-order chi connectivity index (χ1) is 12.9. The molecule has 0 aliphatic heterocycles. The van der Waals surface area contributed by atoms with Crippen LogP contribution in [0.4, 0.5) is 8.78 Å². The Labute approximate surface area is 170 Å². The minimum absolute atomic E-state index is 0.0333. The predicted molar refractivity (Wildman–Crippen MR) is 116 cm³/mol. The molecule has 0 spiro atoms. The van der Waals surface area contributed by atoms with Crippen molar-refractivity contribution < 1.29 is 18.3 Å². The summed E-state index contributed by atoms with van der Waals surface area (Å²) in [5.41, 5.74) is 1.54. The topological polar surface area (TPSA) is 26.3 Å². The highest BCUT2D eigenvalue weighted by atomic mass is 19.3. The highest BCUT2D eigenvalue weighted by Gasteiger charge is 2.44. The van der Waals surface area contributed by atoms with Gasteiger partial charge in [-0.25, -0.2) is 8.78 Å². The molecule has 0 radical (unpaired) electrons. The van der Waals surface area contributed by atoms with Crippen LogP contribution in [-0.4, -0.2) is 17.5 Å². The van der Waals surface area contributed by atoms with Crippen LogP contribution >= 0.6 is 0 Å². The number of benzene rings is 1. The van der Waals surface area contributed by atoms with Gasteiger partial charge in [0, 0.05) is 19.3 Å². The molecule has 1 fully saturated rings. The number of ether oxygens (including phenoxy) is 1. The number of hydrogen-bond donors (Lipinski definition) is 0. The lowest BCUT2D eigenvalue weighted by Crippen LogP contribution is -2.33. The fourth-order valence-electron chi connectivity index (χ4n) is 3.10. The van der Waals surface area contributed by atoms with Crippen molar-refractivity contribution in [3.8, 4) is 0 Å². The van der Waals surface area contributed by atoms with Gasteiger partial charge >= 0.3 is 5.97 Å². The van der Waals surface area contributed by atoms with Gasteiger partial charge < -0.3 is 4.74 Å². The van der Waals surface area contributed by atoms with Crippen molar-refractivity contribution >= 4 is 5.97 Å². The lowest BCUT2D eigenvalue weighted by Gasteiger charge is -2.35. The van der Waals surface area contributed by atoms with Gasteiger partial charge in [-0.15, -0.1) is 26.3 Å². The van der Waals surface area contributed by atoms with Gasteiger partial charge in [-0.3, -0.25) is 4.79 Å². The van der Waals surface area contributed by atoms with Crippen molar-refractivity contribution in [2.45, 2.75) is 78.2 Å². The molecule has 1 aromatic carbocycles. The molecule has 160 valence electrons. The van der Waals surface area contributed by atoms with Crippen LogP contribution < -0.4 is 0 Å². The number of carbonyl (C=O) groups is 1. The summed E-state index contributed by atoms with van der Waals surface area (Å²) in [7, 11) is 0. The molecule has 0 heterocycles. The average molecular weight is 397 g/mol. The Morgan fingerprint density at radius 3 is 2.04 bits per heavy atom. The van der Waals surface area contributed by atoms with Crippen LogP contribution in [0.15, 0.2) is 50.6 Å². The second-order valence-corrected chi connectivity index (χ2v) is 7.82. The quantitative estimate of drug-likeness (QED) is 0.363. The fraction of sp³-hybridized carbons (Fsp3) is 0.542. The Kier molecular flexibility index (Phi) is 13.4. The molecule has 1 aromatic rings. The fourth-order valence-corrected chi connectivity index (χ4v) is 3.10. The molecule has 0 N–H and O–H groups in total. The van der Waals surface area contributed by atoms with E-state index in [0.29, 0.717) is 6.42 Å². The van der Waals surface area contributed by atoms with Gasteiger partial charge in [0.1, 0.15) is 5.60 Å². The van der Waals surface area contributed by atoms with E-state index < -0.39 is 11.8 Å². The SMILES string of the molecule is C=C.C=C.CC(=O)OC(C)(C)C.Cc1cccc(C2CCC(C)CC2(F)F)c1. The number of esters is 1. The number of hydrogen-bond acceptors (Lipinski definition) is 2. The highest BCUT2D eigenvalue weighted by Crippen LogP contribution is 2.46. The van der Waals surface area contributed by atoms with Crippen molar-refractivity contribution in [2.75, 3.05) is 0 Å². The predicted octanol–water partition coefficient (Wildman–Crippen LogP) is 7.49. The third-order valence-corrected chi connectivity index (χ3v) is 3.97. The van der Waals surface area contributed by atoms with Gasteiger partial charge in [-0.1, -0.05) is 36.8 Å². The standard InChI is InChI=1S/C14H18F2.C6H12O2.2C2H4/c1-10-4-3-5-12(8-10)13-7-6-11(2)9-14(13,15)16;1-5(7)8-6(2,3)4;2*1-2/h3-5,8,11,13H,6-7,9H2,1-2H3;1-4H3;2*1-2H2. The molecule has 1 saturated carbocycles. The third-order valence-electron chi connectivity index (χ3n) is 3.97. The van der Waals surface area contributed by atoms with Crippen LogP contribution in [0.25, 0.3) is 0 Å². The van der Waals surface area contributed by atoms with E-state index in [1.54, 1.807) is 0 Å². The minimum Gasteiger partial charge on any atom is -0.460 e. The van der Waals surface area contributed by atoms with Crippen LogP contribution in [0.3, 0.4) is 0 Å². The molecule has 0 saturated heterocycles. The molecular weight excluding hydrogens is 358 g/mol. The summed E-state index contributed by atoms with van der Waals surface area (Å²) in [4.78, 5) is 10.2. The normalized spacial score (nSPS) is 20.0. The molecular formula is C24H38F2O2. The van der Waals surface area contributed by atoms with E-state index in [2.05, 4.69) is 26.3 Å². The zero-order valence-corrected chi connectivity index (χ0v) is 18.5. The minimum atomic E-state index is -2.54. The summed E-state index contributed by atoms with van der Waals surface area (Å²) in [6.45, 7) is 22.8. The summed E-state index contributed by atoms with van der Waals surface area (Å²) in [5.74, 6) is -3.19. The molecule has 2 nitrogen and oxygen atoms in total. The molecule has 2 rings (SSSR count). The van der Waals surface area contributed by atoms with Gasteiger partial charge in [0.15, 0.2) is 0 Å². The van der Waals surface area contributed by atoms with Crippen LogP contribution in [-0.2, 0) is 9.53 Å². The van der Waals surface area contributed by atoms with Gasteiger partial charge in [-0.2, -0.15) is 0 Å². The van der Waals surface area contributed by atoms with Crippen molar-refractivity contribution in [1.29, 1.82) is 0 Å². The molecule has 4 heteroatoms. The molecule has 1 aliphatic carbocycles. The van der Waals surface area contributed by atoms with Crippen molar-refractivity contribution in [2.24, 2.45) is 5.92 Å². The van der Waals surface area contributed by atoms with E-state index in [1.165, 1.54) is 6.92 Å². The van der Waals surface area contributed by atoms with Crippen molar-refractivity contribution in [1.82, 2.24) is 0 Å². The Hall–Kier alpha value is -1.97. The smallest absolute Gasteiger partial charge is 0.303 e. The van der Waals surface area contributed by atoms with Crippen LogP contribution in [0.2, 0.25) is 0 Å². The maximum absolute atomic E-state index is 13.9. The third kappa shape index (κ3) is 11.7. The van der Waals surface area contributed by atoms with E-state index in [9.17, 15) is 13.6 Å². The number of halogens is 2. The first kappa shape index (κ1) is 28.2. The van der Waals surface area contributed by atoms with E-state index in [0.717, 1.165) is 17.5 Å². The molecule has 0 bridgehead atoms. The van der Waals surface area contributed by atoms with E-state index in [1.807, 2.05) is 58.9 Å². The second-order valence-electron chi connectivity index (χ2n) is 7.82. The van der Waals surface area contributed by atoms with Gasteiger partial charge in [-0.05, 0) is 52.0 Å². The van der Waals surface area contributed by atoms with Crippen LogP contribution in [0, 0.1) is 12.8 Å². The Bertz CT molecular complexity index is 574. The van der Waals surface area contributed by atoms with E-state index >= 15 is 0 Å². The maximum Gasteiger partial charge on any atom is 0.303 e. The van der Waals surface area contributed by atoms with Crippen LogP contribution in [0.1, 0.15) is 70.9 Å². The Morgan fingerprint density at radius 1 is 1.14 bits per heavy atom. The largest absolute Gasteiger partial charge is 0.460 e. The number of rotatable bonds is 1. The Balaban J connectivity index is 0. The van der Waals surface area contributed by atoms with Crippen LogP contribution in [0.5, 0.6) is 0 Å². The Morgan fingerprint density at radius 2 is 1.68 bits per heavy atom. The monoisotopic (exact) mass is 396 g/mol. The highest BCUT2D eigenvalue weighted by molar-refractivity contribution is 5.66. The average Bonchev–Trinajstić information content (AvgIpc) is 2.56. The maximum atomic E-state index is 13.9. The van der Waals surface area contributed by atoms with E-state index in [-0.39, 0.29) is 23.9 Å². The lowest BCUT2D eigenvalue weighted by atomic mass is 9.76. The summed E-state index contributed by atoms with van der Waals surface area (Å²) in [6.07, 6.45) is 1.55. The summed E-state index contributed by atoms with van der Waals surface area (Å²) in [5, 5.41) is 0. The van der Waals surface area contributed by atoms with Gasteiger partial charge in [0.25, 0.3) is 5.92 Å². The van der Waals surface area contributed by atoms with Gasteiger partial charge in [0.05, 0.1) is 0 Å². The number of alkyl halides is 2. The second kappa shape index (κ2) is 13.2. The van der Waals surface area contributed by atoms with E-state index in [4.69, 9.17) is 4.74 Å². The number of carbonyl (C=O) groups excluding carboxylic acids is 1. The molecule has 2 atom stereocenters. The molecule has 0 amide bonds. The summed E-state index contributed by atoms with van der Waals surface area (Å²) < 4.78 is 32.7. The molecule has 2 unspecified atom stereocenters. The zero-order chi connectivity index (χ0) is 22.5. The lowest BCUT2D eigenvalue weighted by molar-refractivity contribution is -0.151. The molecule has 28 heavy (non-hydrogen) atoms. The zero-order valence-electron chi connectivity index (χ0n) is 18.5. The van der Waals surface area contributed by atoms with Crippen molar-refractivity contribution in [3.63, 3.8) is 0 Å².